The minimum atomic E-state index is -1.79. The van der Waals surface area contributed by atoms with Crippen LogP contribution in [0.25, 0.3) is 0 Å². The second-order valence-corrected chi connectivity index (χ2v) is 18.7. The van der Waals surface area contributed by atoms with Crippen LogP contribution in [0.1, 0.15) is 76.0 Å². The molecule has 0 radical (unpaired) electrons. The molecule has 2 heterocycles. The van der Waals surface area contributed by atoms with Crippen molar-refractivity contribution in [3.05, 3.63) is 102 Å². The number of amides is 8. The second-order valence-electron chi connectivity index (χ2n) is 18.7. The first-order valence-corrected chi connectivity index (χ1v) is 23.8. The van der Waals surface area contributed by atoms with E-state index in [0.717, 1.165) is 18.2 Å². The lowest BCUT2D eigenvalue weighted by Gasteiger charge is -2.32. The number of nitrogens with zero attached hydrogens (tertiary/aromatic N) is 2. The molecular formula is C51H66N8O12. The third-order valence-corrected chi connectivity index (χ3v) is 12.0. The first-order valence-electron chi connectivity index (χ1n) is 23.8. The van der Waals surface area contributed by atoms with Crippen molar-refractivity contribution < 1.29 is 57.7 Å². The average Bonchev–Trinajstić information content (AvgIpc) is 4.05. The second kappa shape index (κ2) is 26.0. The summed E-state index contributed by atoms with van der Waals surface area (Å²) in [5, 5.41) is 25.2. The molecule has 5 rings (SSSR count). The smallest absolute Gasteiger partial charge is 0.396 e. The van der Waals surface area contributed by atoms with Crippen molar-refractivity contribution in [2.24, 2.45) is 5.73 Å². The maximum absolute atomic E-state index is 13.8. The number of aliphatic hydroxyl groups excluding tert-OH is 1. The molecule has 3 aromatic carbocycles. The third kappa shape index (κ3) is 16.6. The molecule has 382 valence electrons. The summed E-state index contributed by atoms with van der Waals surface area (Å²) in [6.45, 7) is 5.62. The van der Waals surface area contributed by atoms with Gasteiger partial charge in [0, 0.05) is 31.6 Å². The molecular weight excluding hydrogens is 917 g/mol. The number of nitrogens with one attached hydrogen (secondary N) is 5. The summed E-state index contributed by atoms with van der Waals surface area (Å²) in [4.78, 5) is 120. The lowest BCUT2D eigenvalue weighted by molar-refractivity contribution is -0.159. The van der Waals surface area contributed by atoms with Crippen molar-refractivity contribution in [1.29, 1.82) is 0 Å². The molecule has 2 saturated heterocycles. The van der Waals surface area contributed by atoms with Crippen molar-refractivity contribution in [3.8, 4) is 5.75 Å². The van der Waals surface area contributed by atoms with Gasteiger partial charge in [0.2, 0.25) is 29.5 Å². The summed E-state index contributed by atoms with van der Waals surface area (Å²) in [7, 11) is 1.09. The van der Waals surface area contributed by atoms with E-state index in [-0.39, 0.29) is 38.4 Å². The summed E-state index contributed by atoms with van der Waals surface area (Å²) in [6, 6.07) is 19.4. The van der Waals surface area contributed by atoms with Crippen LogP contribution < -0.4 is 37.1 Å². The van der Waals surface area contributed by atoms with Gasteiger partial charge in [-0.05, 0) is 94.5 Å². The van der Waals surface area contributed by atoms with E-state index in [4.69, 9.17) is 10.5 Å². The lowest BCUT2D eigenvalue weighted by atomic mass is 9.99. The Bertz CT molecular complexity index is 2340. The van der Waals surface area contributed by atoms with Crippen molar-refractivity contribution in [2.45, 2.75) is 120 Å². The number of benzene rings is 3. The molecule has 0 unspecified atom stereocenters. The summed E-state index contributed by atoms with van der Waals surface area (Å²) < 4.78 is 10.2. The Kier molecular flexibility index (Phi) is 20.0. The van der Waals surface area contributed by atoms with Crippen molar-refractivity contribution in [1.82, 2.24) is 36.4 Å². The number of esters is 1. The number of methoxy groups -OCH3 is 1. The molecule has 0 saturated carbocycles. The van der Waals surface area contributed by atoms with Crippen LogP contribution >= 0.6 is 0 Å². The van der Waals surface area contributed by atoms with Gasteiger partial charge in [0.25, 0.3) is 11.8 Å². The van der Waals surface area contributed by atoms with E-state index in [9.17, 15) is 48.3 Å². The van der Waals surface area contributed by atoms with Gasteiger partial charge < -0.3 is 56.7 Å². The average molecular weight is 983 g/mol. The van der Waals surface area contributed by atoms with Gasteiger partial charge in [-0.3, -0.25) is 38.4 Å². The summed E-state index contributed by atoms with van der Waals surface area (Å²) >= 11 is 0. The molecule has 3 aromatic rings. The van der Waals surface area contributed by atoms with E-state index in [1.54, 1.807) is 54.6 Å². The van der Waals surface area contributed by atoms with Gasteiger partial charge in [-0.25, -0.2) is 4.79 Å². The van der Waals surface area contributed by atoms with Gasteiger partial charge in [0.15, 0.2) is 12.7 Å². The number of likely N-dealkylation sites (tertiary alicyclic amines) is 2. The van der Waals surface area contributed by atoms with E-state index in [0.29, 0.717) is 49.8 Å². The molecule has 0 aliphatic carbocycles. The fraction of sp³-hybridized carbons (Fsp3) is 0.471. The van der Waals surface area contributed by atoms with Gasteiger partial charge in [-0.1, -0.05) is 72.8 Å². The summed E-state index contributed by atoms with van der Waals surface area (Å²) in [5.41, 5.74) is 7.29. The molecule has 2 aliphatic rings. The standard InChI is InChI=1S/C51H66N8O12/c1-51(2,3)57-47(66)40-20-13-26-58(40)48(67)43(62)36(28-33-14-7-5-8-15-33)55-45(64)38(30-41(52)60)54-42(61)31-71-35-23-21-32(22-24-35)18-11-25-53-44(63)37(29-34-16-9-6-10-17-34)56-46(65)39-19-12-27-59(39)49(68)50(69)70-4/h5-10,14-17,21-24,36-40,43,62H,11-13,18-20,25-31H2,1-4H3,(H2,52,60)(H,53,63)(H,54,61)(H,55,64)(H,56,65)(H,57,66)/t36-,37+,38-,39-,40-,43-/m0/s1. The molecule has 8 amide bonds. The SMILES string of the molecule is COC(=O)C(=O)N1CCC[C@H]1C(=O)N[C@H](Cc1ccccc1)C(=O)NCCCc1ccc(OCC(=O)N[C@@H](CC(N)=O)C(=O)N[C@@H](Cc2ccccc2)[C@H](O)C(=O)N2CCC[C@H]2C(=O)NC(C)(C)C)cc1. The molecule has 0 spiro atoms. The Morgan fingerprint density at radius 3 is 1.90 bits per heavy atom. The number of nitrogens with two attached hydrogens (primary N) is 1. The fourth-order valence-electron chi connectivity index (χ4n) is 8.48. The number of aliphatic hydroxyl groups is 1. The van der Waals surface area contributed by atoms with Crippen molar-refractivity contribution in [3.63, 3.8) is 0 Å². The van der Waals surface area contributed by atoms with E-state index in [2.05, 4.69) is 31.3 Å². The third-order valence-electron chi connectivity index (χ3n) is 12.0. The molecule has 2 aliphatic heterocycles. The van der Waals surface area contributed by atoms with Crippen LogP contribution in [0, 0.1) is 0 Å². The number of ether oxygens (including phenoxy) is 2. The van der Waals surface area contributed by atoms with E-state index in [1.807, 2.05) is 51.1 Å². The molecule has 0 bridgehead atoms. The number of hydrogen-bond donors (Lipinski definition) is 7. The van der Waals surface area contributed by atoms with Gasteiger partial charge in [0.1, 0.15) is 29.9 Å². The normalized spacial score (nSPS) is 17.1. The Labute approximate surface area is 413 Å². The number of rotatable bonds is 22. The minimum absolute atomic E-state index is 0.00187. The van der Waals surface area contributed by atoms with Crippen LogP contribution in [0.2, 0.25) is 0 Å². The zero-order valence-electron chi connectivity index (χ0n) is 40.6. The highest BCUT2D eigenvalue weighted by Gasteiger charge is 2.42. The Hall–Kier alpha value is -7.35. The highest BCUT2D eigenvalue weighted by molar-refractivity contribution is 6.32. The highest BCUT2D eigenvalue weighted by atomic mass is 16.5. The van der Waals surface area contributed by atoms with Crippen LogP contribution in [-0.4, -0.2) is 143 Å². The maximum atomic E-state index is 13.8. The Morgan fingerprint density at radius 2 is 1.31 bits per heavy atom. The predicted molar refractivity (Wildman–Crippen MR) is 259 cm³/mol. The van der Waals surface area contributed by atoms with Crippen LogP contribution in [0.3, 0.4) is 0 Å². The number of primary amides is 1. The summed E-state index contributed by atoms with van der Waals surface area (Å²) in [6.07, 6.45) is 0.645. The van der Waals surface area contributed by atoms with Crippen LogP contribution in [0.4, 0.5) is 0 Å². The zero-order chi connectivity index (χ0) is 51.7. The van der Waals surface area contributed by atoms with Crippen LogP contribution in [-0.2, 0) is 67.2 Å². The lowest BCUT2D eigenvalue weighted by Crippen LogP contribution is -2.59. The maximum Gasteiger partial charge on any atom is 0.396 e. The van der Waals surface area contributed by atoms with Gasteiger partial charge in [0.05, 0.1) is 19.6 Å². The quantitative estimate of drug-likeness (QED) is 0.0409. The fourth-order valence-corrected chi connectivity index (χ4v) is 8.48. The molecule has 0 aromatic heterocycles. The number of carbonyl (C=O) groups is 9. The largest absolute Gasteiger partial charge is 0.484 e. The predicted octanol–water partition coefficient (Wildman–Crippen LogP) is 0.360. The molecule has 20 nitrogen and oxygen atoms in total. The van der Waals surface area contributed by atoms with Gasteiger partial charge >= 0.3 is 11.9 Å². The first-order chi connectivity index (χ1) is 33.8. The van der Waals surface area contributed by atoms with Crippen molar-refractivity contribution in [2.75, 3.05) is 33.4 Å². The van der Waals surface area contributed by atoms with Crippen LogP contribution in [0.15, 0.2) is 84.9 Å². The van der Waals surface area contributed by atoms with Crippen LogP contribution in [0.5, 0.6) is 5.75 Å². The first kappa shape index (κ1) is 54.6. The van der Waals surface area contributed by atoms with Crippen molar-refractivity contribution >= 4 is 53.2 Å². The van der Waals surface area contributed by atoms with Gasteiger partial charge in [-0.15, -0.1) is 0 Å². The summed E-state index contributed by atoms with van der Waals surface area (Å²) in [5.74, 6) is -6.27. The minimum Gasteiger partial charge on any atom is -0.484 e. The van der Waals surface area contributed by atoms with E-state index < -0.39 is 102 Å². The molecule has 6 atom stereocenters. The Morgan fingerprint density at radius 1 is 0.718 bits per heavy atom. The Balaban J connectivity index is 1.13. The van der Waals surface area contributed by atoms with E-state index in [1.165, 1.54) is 9.80 Å². The molecule has 20 heteroatoms. The highest BCUT2D eigenvalue weighted by Crippen LogP contribution is 2.22. The molecule has 71 heavy (non-hydrogen) atoms. The topological polar surface area (TPSA) is 285 Å². The zero-order valence-corrected chi connectivity index (χ0v) is 40.6. The number of hydrogen-bond acceptors (Lipinski definition) is 12. The monoisotopic (exact) mass is 982 g/mol. The molecule has 8 N–H and O–H groups in total. The number of carbonyl (C=O) groups excluding carboxylic acids is 9. The van der Waals surface area contributed by atoms with Gasteiger partial charge in [-0.2, -0.15) is 0 Å². The number of aryl methyl sites for hydroxylation is 1. The van der Waals surface area contributed by atoms with E-state index >= 15 is 0 Å². The molecule has 2 fully saturated rings.